The summed E-state index contributed by atoms with van der Waals surface area (Å²) >= 11 is 12.1. The third-order valence-electron chi connectivity index (χ3n) is 4.25. The fraction of sp³-hybridized carbons (Fsp3) is 0.500. The van der Waals surface area contributed by atoms with Crippen molar-refractivity contribution in [1.29, 1.82) is 0 Å². The minimum absolute atomic E-state index is 0.160. The molecule has 1 fully saturated rings. The second-order valence-electron chi connectivity index (χ2n) is 5.51. The maximum Gasteiger partial charge on any atom is 0.107 e. The van der Waals surface area contributed by atoms with Gasteiger partial charge in [-0.3, -0.25) is 0 Å². The molecule has 3 N–H and O–H groups in total. The molecule has 3 rings (SSSR count). The van der Waals surface area contributed by atoms with Crippen LogP contribution in [0, 0.1) is 12.8 Å². The Kier molecular flexibility index (Phi) is 3.88. The highest BCUT2D eigenvalue weighted by molar-refractivity contribution is 6.42. The van der Waals surface area contributed by atoms with E-state index in [1.807, 2.05) is 11.5 Å². The molecule has 7 heteroatoms. The molecule has 1 aliphatic rings. The van der Waals surface area contributed by atoms with Crippen LogP contribution in [0.15, 0.2) is 12.1 Å². The number of aromatic nitrogens is 2. The number of hydrogen-bond donors (Lipinski definition) is 3. The fourth-order valence-electron chi connectivity index (χ4n) is 3.17. The van der Waals surface area contributed by atoms with Crippen LogP contribution in [0.2, 0.25) is 10.0 Å². The summed E-state index contributed by atoms with van der Waals surface area (Å²) in [5.41, 5.74) is 1.45. The SMILES string of the molecule is Cc1nc2cc(Cl)c(Cl)cc2n1[C@H]1CC(CO)C(O)C1O. The molecule has 0 spiro atoms. The lowest BCUT2D eigenvalue weighted by Crippen LogP contribution is -2.30. The normalized spacial score (nSPS) is 29.4. The van der Waals surface area contributed by atoms with Crippen molar-refractivity contribution >= 4 is 34.2 Å². The van der Waals surface area contributed by atoms with Crippen molar-refractivity contribution in [1.82, 2.24) is 9.55 Å². The van der Waals surface area contributed by atoms with Gasteiger partial charge in [0.25, 0.3) is 0 Å². The number of halogens is 2. The lowest BCUT2D eigenvalue weighted by atomic mass is 10.1. The van der Waals surface area contributed by atoms with Crippen molar-refractivity contribution in [3.05, 3.63) is 28.0 Å². The van der Waals surface area contributed by atoms with Crippen LogP contribution in [0.5, 0.6) is 0 Å². The van der Waals surface area contributed by atoms with Gasteiger partial charge in [-0.1, -0.05) is 23.2 Å². The number of aryl methyl sites for hydroxylation is 1. The zero-order chi connectivity index (χ0) is 15.3. The molecule has 3 unspecified atom stereocenters. The molecule has 0 amide bonds. The first kappa shape index (κ1) is 15.1. The van der Waals surface area contributed by atoms with Crippen molar-refractivity contribution in [3.63, 3.8) is 0 Å². The van der Waals surface area contributed by atoms with Crippen molar-refractivity contribution in [2.24, 2.45) is 5.92 Å². The number of fused-ring (bicyclic) bond motifs is 1. The van der Waals surface area contributed by atoms with Gasteiger partial charge in [0.1, 0.15) is 11.9 Å². The third kappa shape index (κ3) is 2.33. The summed E-state index contributed by atoms with van der Waals surface area (Å²) in [5.74, 6) is 0.364. The quantitative estimate of drug-likeness (QED) is 0.786. The summed E-state index contributed by atoms with van der Waals surface area (Å²) in [5, 5.41) is 30.4. The number of nitrogens with zero attached hydrogens (tertiary/aromatic N) is 2. The average Bonchev–Trinajstić information content (AvgIpc) is 2.89. The average molecular weight is 331 g/mol. The predicted octanol–water partition coefficient (Wildman–Crippen LogP) is 1.93. The largest absolute Gasteiger partial charge is 0.396 e. The van der Waals surface area contributed by atoms with Gasteiger partial charge < -0.3 is 19.9 Å². The van der Waals surface area contributed by atoms with Crippen molar-refractivity contribution in [2.45, 2.75) is 31.6 Å². The molecule has 114 valence electrons. The fourth-order valence-corrected chi connectivity index (χ4v) is 3.48. The molecule has 21 heavy (non-hydrogen) atoms. The van der Waals surface area contributed by atoms with Gasteiger partial charge in [-0.2, -0.15) is 0 Å². The summed E-state index contributed by atoms with van der Waals surface area (Å²) in [6.45, 7) is 1.67. The molecule has 5 nitrogen and oxygen atoms in total. The molecule has 0 aliphatic heterocycles. The Hall–Kier alpha value is -0.850. The van der Waals surface area contributed by atoms with E-state index in [2.05, 4.69) is 4.98 Å². The summed E-state index contributed by atoms with van der Waals surface area (Å²) < 4.78 is 1.86. The topological polar surface area (TPSA) is 78.5 Å². The second kappa shape index (κ2) is 5.41. The molecule has 1 heterocycles. The lowest BCUT2D eigenvalue weighted by molar-refractivity contribution is -0.00383. The zero-order valence-electron chi connectivity index (χ0n) is 11.4. The highest BCUT2D eigenvalue weighted by atomic mass is 35.5. The van der Waals surface area contributed by atoms with E-state index in [-0.39, 0.29) is 18.6 Å². The lowest BCUT2D eigenvalue weighted by Gasteiger charge is -2.20. The van der Waals surface area contributed by atoms with Crippen LogP contribution in [-0.4, -0.2) is 43.7 Å². The molecule has 1 aromatic heterocycles. The van der Waals surface area contributed by atoms with Crippen LogP contribution in [0.3, 0.4) is 0 Å². The van der Waals surface area contributed by atoms with Gasteiger partial charge in [0.2, 0.25) is 0 Å². The van der Waals surface area contributed by atoms with Crippen molar-refractivity contribution in [2.75, 3.05) is 6.61 Å². The minimum atomic E-state index is -0.951. The van der Waals surface area contributed by atoms with Gasteiger partial charge >= 0.3 is 0 Å². The third-order valence-corrected chi connectivity index (χ3v) is 4.97. The summed E-state index contributed by atoms with van der Waals surface area (Å²) in [7, 11) is 0. The van der Waals surface area contributed by atoms with Gasteiger partial charge in [0, 0.05) is 12.5 Å². The molecule has 1 aliphatic carbocycles. The summed E-state index contributed by atoms with van der Waals surface area (Å²) in [6.07, 6.45) is -1.42. The van der Waals surface area contributed by atoms with Crippen LogP contribution in [0.4, 0.5) is 0 Å². The van der Waals surface area contributed by atoms with E-state index < -0.39 is 12.2 Å². The van der Waals surface area contributed by atoms with Gasteiger partial charge in [0.05, 0.1) is 33.2 Å². The van der Waals surface area contributed by atoms with E-state index in [1.54, 1.807) is 12.1 Å². The Balaban J connectivity index is 2.12. The van der Waals surface area contributed by atoms with Crippen LogP contribution < -0.4 is 0 Å². The van der Waals surface area contributed by atoms with Crippen LogP contribution >= 0.6 is 23.2 Å². The molecule has 1 aromatic carbocycles. The van der Waals surface area contributed by atoms with E-state index in [1.165, 1.54) is 0 Å². The number of benzene rings is 1. The van der Waals surface area contributed by atoms with E-state index in [4.69, 9.17) is 23.2 Å². The monoisotopic (exact) mass is 330 g/mol. The van der Waals surface area contributed by atoms with Crippen LogP contribution in [-0.2, 0) is 0 Å². The summed E-state index contributed by atoms with van der Waals surface area (Å²) in [6, 6.07) is 3.05. The molecular formula is C14H16Cl2N2O3. The molecule has 0 saturated heterocycles. The van der Waals surface area contributed by atoms with Crippen molar-refractivity contribution < 1.29 is 15.3 Å². The second-order valence-corrected chi connectivity index (χ2v) is 6.33. The van der Waals surface area contributed by atoms with Crippen LogP contribution in [0.25, 0.3) is 11.0 Å². The number of imidazole rings is 1. The summed E-state index contributed by atoms with van der Waals surface area (Å²) in [4.78, 5) is 4.43. The van der Waals surface area contributed by atoms with E-state index in [0.717, 1.165) is 5.52 Å². The van der Waals surface area contributed by atoms with Crippen LogP contribution in [0.1, 0.15) is 18.3 Å². The number of aliphatic hydroxyl groups is 3. The molecule has 2 aromatic rings. The Bertz CT molecular complexity index is 688. The number of rotatable bonds is 2. The standard InChI is InChI=1S/C14H16Cl2N2O3/c1-6-17-10-3-8(15)9(16)4-11(10)18(6)12-2-7(5-19)13(20)14(12)21/h3-4,7,12-14,19-21H,2,5H2,1H3/t7?,12-,13?,14?/m0/s1. The van der Waals surface area contributed by atoms with E-state index in [9.17, 15) is 15.3 Å². The van der Waals surface area contributed by atoms with Gasteiger partial charge in [-0.15, -0.1) is 0 Å². The Morgan fingerprint density at radius 1 is 1.24 bits per heavy atom. The maximum atomic E-state index is 10.3. The Morgan fingerprint density at radius 3 is 2.52 bits per heavy atom. The Morgan fingerprint density at radius 2 is 1.90 bits per heavy atom. The van der Waals surface area contributed by atoms with Gasteiger partial charge in [-0.05, 0) is 25.5 Å². The number of hydrogen-bond acceptors (Lipinski definition) is 4. The molecule has 0 radical (unpaired) electrons. The minimum Gasteiger partial charge on any atom is -0.396 e. The first-order valence-corrected chi connectivity index (χ1v) is 7.50. The van der Waals surface area contributed by atoms with Gasteiger partial charge in [-0.25, -0.2) is 4.98 Å². The predicted molar refractivity (Wildman–Crippen MR) is 80.7 cm³/mol. The van der Waals surface area contributed by atoms with E-state index >= 15 is 0 Å². The number of aliphatic hydroxyl groups excluding tert-OH is 3. The zero-order valence-corrected chi connectivity index (χ0v) is 12.9. The van der Waals surface area contributed by atoms with Gasteiger partial charge in [0.15, 0.2) is 0 Å². The molecule has 4 atom stereocenters. The first-order valence-electron chi connectivity index (χ1n) is 6.74. The maximum absolute atomic E-state index is 10.3. The highest BCUT2D eigenvalue weighted by Crippen LogP contribution is 2.39. The van der Waals surface area contributed by atoms with Crippen molar-refractivity contribution in [3.8, 4) is 0 Å². The Labute approximate surface area is 131 Å². The molecule has 0 bridgehead atoms. The molecular weight excluding hydrogens is 315 g/mol. The van der Waals surface area contributed by atoms with E-state index in [0.29, 0.717) is 27.8 Å². The smallest absolute Gasteiger partial charge is 0.107 e. The molecule has 1 saturated carbocycles. The first-order chi connectivity index (χ1) is 9.93. The highest BCUT2D eigenvalue weighted by Gasteiger charge is 2.42.